The van der Waals surface area contributed by atoms with Crippen LogP contribution in [0.1, 0.15) is 13.3 Å². The minimum absolute atomic E-state index is 0. The normalized spacial score (nSPS) is 45.4. The number of aliphatic hydroxyl groups is 5. The number of hydrogen-bond acceptors (Lipinski definition) is 12. The van der Waals surface area contributed by atoms with Crippen molar-refractivity contribution >= 4 is 11.9 Å². The minimum Gasteiger partial charge on any atom is -0.547 e. The molecule has 10 atom stereocenters. The second-order valence-corrected chi connectivity index (χ2v) is 6.52. The molecule has 0 aromatic heterocycles. The van der Waals surface area contributed by atoms with Crippen molar-refractivity contribution in [2.24, 2.45) is 4.99 Å². The number of carbonyl (C=O) groups is 1. The Morgan fingerprint density at radius 2 is 1.82 bits per heavy atom. The first-order valence-corrected chi connectivity index (χ1v) is 8.52. The third-order valence-electron chi connectivity index (χ3n) is 4.76. The van der Waals surface area contributed by atoms with E-state index in [2.05, 4.69) is 4.99 Å². The Balaban J connectivity index is 0.00000280. The molecule has 0 spiro atoms. The van der Waals surface area contributed by atoms with Gasteiger partial charge in [-0.15, -0.1) is 0 Å². The standard InChI is InChI=1S/C15H23NO11.Na/c1-2-5-16-6-11(7(18)4(3-17)24-14(6)25-5)26-15-10(21)8(19)9(20)12(27-15)13(22)23;/h4,6-12,14-15,17-21H,2-3H2,1H3,(H,22,23);/q;+1/p-1/t4-,6-,7-,8+,9+,10-,11-,12+,14?,15-;/m1./s1. The molecule has 2 fully saturated rings. The van der Waals surface area contributed by atoms with Gasteiger partial charge in [0.25, 0.3) is 0 Å². The molecule has 0 aliphatic carbocycles. The van der Waals surface area contributed by atoms with Crippen LogP contribution in [0, 0.1) is 0 Å². The van der Waals surface area contributed by atoms with Gasteiger partial charge in [0, 0.05) is 6.42 Å². The number of aliphatic hydroxyl groups excluding tert-OH is 5. The number of aliphatic carboxylic acids is 1. The van der Waals surface area contributed by atoms with E-state index >= 15 is 0 Å². The first-order chi connectivity index (χ1) is 12.8. The molecule has 12 nitrogen and oxygen atoms in total. The molecule has 0 amide bonds. The summed E-state index contributed by atoms with van der Waals surface area (Å²) >= 11 is 0. The quantitative estimate of drug-likeness (QED) is 0.268. The third kappa shape index (κ3) is 4.37. The van der Waals surface area contributed by atoms with Gasteiger partial charge in [0.2, 0.25) is 6.29 Å². The molecule has 1 unspecified atom stereocenters. The van der Waals surface area contributed by atoms with E-state index in [1.54, 1.807) is 6.92 Å². The number of ether oxygens (including phenoxy) is 4. The van der Waals surface area contributed by atoms with E-state index in [1.165, 1.54) is 0 Å². The molecular weight excluding hydrogens is 393 g/mol. The molecule has 0 saturated carbocycles. The zero-order valence-corrected chi connectivity index (χ0v) is 17.3. The molecule has 0 aromatic carbocycles. The van der Waals surface area contributed by atoms with Crippen LogP contribution in [0.5, 0.6) is 0 Å². The van der Waals surface area contributed by atoms with Gasteiger partial charge >= 0.3 is 29.6 Å². The Morgan fingerprint density at radius 3 is 2.39 bits per heavy atom. The average molecular weight is 415 g/mol. The van der Waals surface area contributed by atoms with Gasteiger partial charge in [-0.3, -0.25) is 0 Å². The van der Waals surface area contributed by atoms with Gasteiger partial charge in [-0.25, -0.2) is 4.99 Å². The van der Waals surface area contributed by atoms with Crippen molar-refractivity contribution in [3.05, 3.63) is 0 Å². The van der Waals surface area contributed by atoms with Crippen LogP contribution < -0.4 is 34.7 Å². The Bertz CT molecular complexity index is 592. The maximum absolute atomic E-state index is 11.1. The zero-order chi connectivity index (χ0) is 19.9. The van der Waals surface area contributed by atoms with Crippen molar-refractivity contribution in [2.45, 2.75) is 74.7 Å². The largest absolute Gasteiger partial charge is 1.00 e. The van der Waals surface area contributed by atoms with Crippen LogP contribution >= 0.6 is 0 Å². The van der Waals surface area contributed by atoms with Crippen LogP contribution in [0.25, 0.3) is 0 Å². The fourth-order valence-electron chi connectivity index (χ4n) is 3.26. The number of carboxylic acid groups (broad SMARTS) is 1. The molecule has 3 heterocycles. The van der Waals surface area contributed by atoms with Crippen LogP contribution in [-0.2, 0) is 23.7 Å². The molecule has 5 N–H and O–H groups in total. The average Bonchev–Trinajstić information content (AvgIpc) is 3.06. The summed E-state index contributed by atoms with van der Waals surface area (Å²) in [6, 6.07) is -0.876. The predicted octanol–water partition coefficient (Wildman–Crippen LogP) is -7.78. The minimum atomic E-state index is -1.95. The van der Waals surface area contributed by atoms with Crippen LogP contribution in [0.4, 0.5) is 0 Å². The van der Waals surface area contributed by atoms with E-state index in [0.29, 0.717) is 12.3 Å². The molecule has 2 saturated heterocycles. The van der Waals surface area contributed by atoms with Crippen molar-refractivity contribution < 1.29 is 83.9 Å². The fraction of sp³-hybridized carbons (Fsp3) is 0.867. The second kappa shape index (κ2) is 9.62. The summed E-state index contributed by atoms with van der Waals surface area (Å²) in [5.74, 6) is -1.48. The van der Waals surface area contributed by atoms with Crippen molar-refractivity contribution in [3.8, 4) is 0 Å². The fourth-order valence-corrected chi connectivity index (χ4v) is 3.26. The number of aliphatic imine (C=N–C) groups is 1. The predicted molar refractivity (Wildman–Crippen MR) is 80.9 cm³/mol. The van der Waals surface area contributed by atoms with Crippen LogP contribution in [0.2, 0.25) is 0 Å². The number of carboxylic acids is 1. The number of rotatable bonds is 5. The maximum atomic E-state index is 11.1. The van der Waals surface area contributed by atoms with Gasteiger partial charge < -0.3 is 54.4 Å². The number of nitrogens with zero attached hydrogens (tertiary/aromatic N) is 1. The SMILES string of the molecule is CCC1=N[C@H]2C(O1)O[C@H](CO)[C@@H](O)[C@@H]2O[C@@H]1O[C@H](C(=O)[O-])[C@@H](O)[C@H](O)[C@H]1O.[Na+]. The van der Waals surface area contributed by atoms with E-state index in [9.17, 15) is 35.4 Å². The van der Waals surface area contributed by atoms with Gasteiger partial charge in [-0.1, -0.05) is 6.92 Å². The first kappa shape index (κ1) is 23.9. The molecular formula is C15H22NNaO11. The van der Waals surface area contributed by atoms with Gasteiger partial charge in [0.1, 0.15) is 48.8 Å². The Morgan fingerprint density at radius 1 is 1.14 bits per heavy atom. The molecule has 28 heavy (non-hydrogen) atoms. The summed E-state index contributed by atoms with van der Waals surface area (Å²) in [7, 11) is 0. The number of carbonyl (C=O) groups excluding carboxylic acids is 1. The van der Waals surface area contributed by atoms with E-state index in [0.717, 1.165) is 0 Å². The molecule has 154 valence electrons. The van der Waals surface area contributed by atoms with E-state index in [-0.39, 0.29) is 29.6 Å². The summed E-state index contributed by atoms with van der Waals surface area (Å²) in [6.45, 7) is 1.22. The van der Waals surface area contributed by atoms with Crippen molar-refractivity contribution in [2.75, 3.05) is 6.61 Å². The molecule has 0 aromatic rings. The first-order valence-electron chi connectivity index (χ1n) is 8.52. The Kier molecular flexibility index (Phi) is 8.21. The monoisotopic (exact) mass is 415 g/mol. The van der Waals surface area contributed by atoms with Crippen molar-refractivity contribution in [1.29, 1.82) is 0 Å². The van der Waals surface area contributed by atoms with Gasteiger partial charge in [-0.2, -0.15) is 0 Å². The van der Waals surface area contributed by atoms with Gasteiger partial charge in [0.05, 0.1) is 12.6 Å². The third-order valence-corrected chi connectivity index (χ3v) is 4.76. The van der Waals surface area contributed by atoms with Gasteiger partial charge in [0.15, 0.2) is 12.2 Å². The topological polar surface area (TPSA) is 191 Å². The maximum Gasteiger partial charge on any atom is 1.00 e. The van der Waals surface area contributed by atoms with Gasteiger partial charge in [-0.05, 0) is 0 Å². The molecule has 13 heteroatoms. The Hall–Kier alpha value is -0.380. The summed E-state index contributed by atoms with van der Waals surface area (Å²) < 4.78 is 21.5. The summed E-state index contributed by atoms with van der Waals surface area (Å²) in [5, 5.41) is 60.6. The number of hydrogen-bond donors (Lipinski definition) is 5. The molecule has 0 bridgehead atoms. The molecule has 3 aliphatic heterocycles. The second-order valence-electron chi connectivity index (χ2n) is 6.52. The zero-order valence-electron chi connectivity index (χ0n) is 15.3. The van der Waals surface area contributed by atoms with Crippen LogP contribution in [-0.4, -0.2) is 105 Å². The van der Waals surface area contributed by atoms with Crippen molar-refractivity contribution in [1.82, 2.24) is 0 Å². The molecule has 3 rings (SSSR count). The molecule has 3 aliphatic rings. The summed E-state index contributed by atoms with van der Waals surface area (Å²) in [4.78, 5) is 15.3. The van der Waals surface area contributed by atoms with E-state index in [4.69, 9.17) is 18.9 Å². The number of fused-ring (bicyclic) bond motifs is 1. The smallest absolute Gasteiger partial charge is 0.547 e. The molecule has 0 radical (unpaired) electrons. The van der Waals surface area contributed by atoms with E-state index in [1.807, 2.05) is 0 Å². The van der Waals surface area contributed by atoms with E-state index < -0.39 is 73.9 Å². The van der Waals surface area contributed by atoms with Crippen LogP contribution in [0.3, 0.4) is 0 Å². The summed E-state index contributed by atoms with van der Waals surface area (Å²) in [6.07, 6.45) is -13.5. The Labute approximate surface area is 182 Å². The van der Waals surface area contributed by atoms with Crippen molar-refractivity contribution in [3.63, 3.8) is 0 Å². The summed E-state index contributed by atoms with van der Waals surface area (Å²) in [5.41, 5.74) is 0. The van der Waals surface area contributed by atoms with Crippen LogP contribution in [0.15, 0.2) is 4.99 Å².